The number of carbonyl (C=O) groups is 3. The van der Waals surface area contributed by atoms with E-state index in [4.69, 9.17) is 0 Å². The topological polar surface area (TPSA) is 116 Å². The van der Waals surface area contributed by atoms with Crippen molar-refractivity contribution in [3.8, 4) is 0 Å². The summed E-state index contributed by atoms with van der Waals surface area (Å²) in [4.78, 5) is 40.8. The lowest BCUT2D eigenvalue weighted by Crippen LogP contribution is -2.62. The number of amides is 4. The number of para-hydroxylation sites is 1. The highest BCUT2D eigenvalue weighted by molar-refractivity contribution is 7.90. The van der Waals surface area contributed by atoms with Gasteiger partial charge < -0.3 is 5.32 Å². The molecule has 2 aliphatic rings. The van der Waals surface area contributed by atoms with E-state index >= 15 is 0 Å². The summed E-state index contributed by atoms with van der Waals surface area (Å²) in [5, 5.41) is 2.82. The zero-order valence-electron chi connectivity index (χ0n) is 16.4. The number of imide groups is 2. The first-order valence-corrected chi connectivity index (χ1v) is 11.1. The van der Waals surface area contributed by atoms with E-state index in [0.717, 1.165) is 22.6 Å². The molecule has 2 heterocycles. The molecule has 156 valence electrons. The van der Waals surface area contributed by atoms with Gasteiger partial charge in [0.1, 0.15) is 10.7 Å². The SMILES string of the molecule is CCCCN1C(=O)C(C2=NS(=O)(=O)c3ccccc3N2)C(=O)N(CCCC)C1=O. The second-order valence-corrected chi connectivity index (χ2v) is 8.55. The van der Waals surface area contributed by atoms with Crippen LogP contribution in [0.15, 0.2) is 33.6 Å². The number of unbranched alkanes of at least 4 members (excludes halogenated alkanes) is 2. The van der Waals surface area contributed by atoms with Gasteiger partial charge in [0.05, 0.1) is 5.69 Å². The van der Waals surface area contributed by atoms with Gasteiger partial charge in [-0.3, -0.25) is 19.4 Å². The number of urea groups is 1. The molecule has 0 unspecified atom stereocenters. The summed E-state index contributed by atoms with van der Waals surface area (Å²) >= 11 is 0. The summed E-state index contributed by atoms with van der Waals surface area (Å²) in [5.41, 5.74) is 0.246. The Morgan fingerprint density at radius 1 is 0.966 bits per heavy atom. The molecule has 2 aliphatic heterocycles. The molecule has 1 fully saturated rings. The van der Waals surface area contributed by atoms with Gasteiger partial charge in [0.25, 0.3) is 21.8 Å². The summed E-state index contributed by atoms with van der Waals surface area (Å²) in [6.07, 6.45) is 2.68. The van der Waals surface area contributed by atoms with Gasteiger partial charge in [-0.1, -0.05) is 38.8 Å². The van der Waals surface area contributed by atoms with Crippen LogP contribution in [0.5, 0.6) is 0 Å². The Bertz CT molecular complexity index is 943. The lowest BCUT2D eigenvalue weighted by atomic mass is 10.0. The van der Waals surface area contributed by atoms with Crippen molar-refractivity contribution in [3.63, 3.8) is 0 Å². The second kappa shape index (κ2) is 8.32. The number of carbonyl (C=O) groups excluding carboxylic acids is 3. The Morgan fingerprint density at radius 3 is 2.07 bits per heavy atom. The van der Waals surface area contributed by atoms with Crippen LogP contribution in [-0.4, -0.2) is 55.0 Å². The molecule has 1 saturated heterocycles. The summed E-state index contributed by atoms with van der Waals surface area (Å²) in [6.45, 7) is 4.17. The maximum atomic E-state index is 13.0. The van der Waals surface area contributed by atoms with E-state index in [-0.39, 0.29) is 29.5 Å². The van der Waals surface area contributed by atoms with Crippen LogP contribution in [0, 0.1) is 5.92 Å². The van der Waals surface area contributed by atoms with E-state index in [2.05, 4.69) is 9.71 Å². The normalized spacial score (nSPS) is 19.1. The average Bonchev–Trinajstić information content (AvgIpc) is 2.67. The van der Waals surface area contributed by atoms with E-state index in [1.165, 1.54) is 12.1 Å². The number of sulfonamides is 1. The lowest BCUT2D eigenvalue weighted by Gasteiger charge is -2.37. The Balaban J connectivity index is 2.02. The van der Waals surface area contributed by atoms with Crippen LogP contribution in [0.1, 0.15) is 39.5 Å². The van der Waals surface area contributed by atoms with E-state index in [0.29, 0.717) is 12.8 Å². The standard InChI is InChI=1S/C19H24N4O5S/c1-3-5-11-22-17(24)15(18(25)23(19(22)26)12-6-4-2)16-20-13-9-7-8-10-14(13)29(27,28)21-16/h7-10,15H,3-6,11-12H2,1-2H3,(H,20,21). The monoisotopic (exact) mass is 420 g/mol. The minimum Gasteiger partial charge on any atom is -0.341 e. The number of benzene rings is 1. The third kappa shape index (κ3) is 3.89. The minimum absolute atomic E-state index is 0.0267. The van der Waals surface area contributed by atoms with Gasteiger partial charge in [-0.25, -0.2) is 4.79 Å². The average molecular weight is 420 g/mol. The van der Waals surface area contributed by atoms with Crippen LogP contribution in [0.3, 0.4) is 0 Å². The lowest BCUT2D eigenvalue weighted by molar-refractivity contribution is -0.146. The number of hydrogen-bond donors (Lipinski definition) is 1. The molecule has 0 aliphatic carbocycles. The summed E-state index contributed by atoms with van der Waals surface area (Å²) in [6, 6.07) is 5.48. The molecule has 3 rings (SSSR count). The fourth-order valence-electron chi connectivity index (χ4n) is 3.29. The highest BCUT2D eigenvalue weighted by Crippen LogP contribution is 2.30. The maximum absolute atomic E-state index is 13.0. The first-order chi connectivity index (χ1) is 13.8. The summed E-state index contributed by atoms with van der Waals surface area (Å²) in [7, 11) is -4.07. The smallest absolute Gasteiger partial charge is 0.333 e. The predicted octanol–water partition coefficient (Wildman–Crippen LogP) is 2.21. The number of barbiturate groups is 1. The van der Waals surface area contributed by atoms with Crippen LogP contribution in [-0.2, 0) is 19.6 Å². The van der Waals surface area contributed by atoms with Crippen molar-refractivity contribution in [1.82, 2.24) is 9.80 Å². The van der Waals surface area contributed by atoms with Crippen LogP contribution in [0.4, 0.5) is 10.5 Å². The molecule has 0 aromatic heterocycles. The molecule has 1 N–H and O–H groups in total. The summed E-state index contributed by atoms with van der Waals surface area (Å²) < 4.78 is 28.8. The Morgan fingerprint density at radius 2 is 1.52 bits per heavy atom. The van der Waals surface area contributed by atoms with E-state index in [1.54, 1.807) is 12.1 Å². The molecular weight excluding hydrogens is 396 g/mol. The first kappa shape index (κ1) is 21.0. The summed E-state index contributed by atoms with van der Waals surface area (Å²) in [5.74, 6) is -3.26. The van der Waals surface area contributed by atoms with Crippen molar-refractivity contribution < 1.29 is 22.8 Å². The van der Waals surface area contributed by atoms with E-state index in [9.17, 15) is 22.8 Å². The maximum Gasteiger partial charge on any atom is 0.333 e. The molecular formula is C19H24N4O5S. The molecule has 0 saturated carbocycles. The van der Waals surface area contributed by atoms with Crippen molar-refractivity contribution in [2.75, 3.05) is 18.4 Å². The molecule has 4 amide bonds. The van der Waals surface area contributed by atoms with Gasteiger partial charge in [0, 0.05) is 13.1 Å². The Kier molecular flexibility index (Phi) is 6.02. The van der Waals surface area contributed by atoms with E-state index < -0.39 is 33.8 Å². The largest absolute Gasteiger partial charge is 0.341 e. The quantitative estimate of drug-likeness (QED) is 0.676. The van der Waals surface area contributed by atoms with Crippen molar-refractivity contribution in [2.45, 2.75) is 44.4 Å². The van der Waals surface area contributed by atoms with Crippen molar-refractivity contribution in [3.05, 3.63) is 24.3 Å². The number of rotatable bonds is 7. The molecule has 0 radical (unpaired) electrons. The highest BCUT2D eigenvalue weighted by atomic mass is 32.2. The number of anilines is 1. The Hall–Kier alpha value is -2.75. The number of nitrogens with zero attached hydrogens (tertiary/aromatic N) is 3. The molecule has 0 spiro atoms. The number of hydrogen-bond acceptors (Lipinski definition) is 6. The number of nitrogens with one attached hydrogen (secondary N) is 1. The fraction of sp³-hybridized carbons (Fsp3) is 0.474. The van der Waals surface area contributed by atoms with Crippen molar-refractivity contribution in [2.24, 2.45) is 10.3 Å². The van der Waals surface area contributed by atoms with Gasteiger partial charge in [0.15, 0.2) is 5.92 Å². The van der Waals surface area contributed by atoms with Gasteiger partial charge >= 0.3 is 6.03 Å². The zero-order chi connectivity index (χ0) is 21.2. The first-order valence-electron chi connectivity index (χ1n) is 9.69. The minimum atomic E-state index is -4.07. The van der Waals surface area contributed by atoms with Crippen LogP contribution in [0.25, 0.3) is 0 Å². The van der Waals surface area contributed by atoms with E-state index in [1.807, 2.05) is 13.8 Å². The molecule has 0 bridgehead atoms. The second-order valence-electron chi connectivity index (χ2n) is 6.98. The zero-order valence-corrected chi connectivity index (χ0v) is 17.2. The molecule has 29 heavy (non-hydrogen) atoms. The van der Waals surface area contributed by atoms with Gasteiger partial charge in [0.2, 0.25) is 0 Å². The number of fused-ring (bicyclic) bond motifs is 1. The van der Waals surface area contributed by atoms with Gasteiger partial charge in [-0.2, -0.15) is 8.42 Å². The van der Waals surface area contributed by atoms with Crippen molar-refractivity contribution >= 4 is 39.4 Å². The molecule has 1 aromatic carbocycles. The fourth-order valence-corrected chi connectivity index (χ4v) is 4.44. The van der Waals surface area contributed by atoms with Gasteiger partial charge in [-0.05, 0) is 25.0 Å². The van der Waals surface area contributed by atoms with Crippen LogP contribution >= 0.6 is 0 Å². The molecule has 1 aromatic rings. The Labute approximate surface area is 169 Å². The van der Waals surface area contributed by atoms with Crippen molar-refractivity contribution in [1.29, 1.82) is 0 Å². The third-order valence-electron chi connectivity index (χ3n) is 4.88. The molecule has 9 nitrogen and oxygen atoms in total. The van der Waals surface area contributed by atoms with Gasteiger partial charge in [-0.15, -0.1) is 4.40 Å². The van der Waals surface area contributed by atoms with Crippen LogP contribution < -0.4 is 5.32 Å². The molecule has 10 heteroatoms. The highest BCUT2D eigenvalue weighted by Gasteiger charge is 2.49. The third-order valence-corrected chi connectivity index (χ3v) is 6.23. The predicted molar refractivity (Wildman–Crippen MR) is 107 cm³/mol. The molecule has 0 atom stereocenters. The van der Waals surface area contributed by atoms with Crippen LogP contribution in [0.2, 0.25) is 0 Å². The number of amidine groups is 1.